The molecule has 0 spiro atoms. The summed E-state index contributed by atoms with van der Waals surface area (Å²) in [5.74, 6) is 0.203. The van der Waals surface area contributed by atoms with Crippen LogP contribution in [0.25, 0.3) is 5.69 Å². The van der Waals surface area contributed by atoms with Gasteiger partial charge in [-0.3, -0.25) is 0 Å². The second kappa shape index (κ2) is 3.18. The zero-order valence-corrected chi connectivity index (χ0v) is 8.23. The Kier molecular flexibility index (Phi) is 2.00. The van der Waals surface area contributed by atoms with Gasteiger partial charge in [0.05, 0.1) is 11.9 Å². The molecule has 0 amide bonds. The summed E-state index contributed by atoms with van der Waals surface area (Å²) >= 11 is 0. The maximum Gasteiger partial charge on any atom is 0.217 e. The van der Waals surface area contributed by atoms with Gasteiger partial charge in [0.15, 0.2) is 0 Å². The Balaban J connectivity index is 2.49. The van der Waals surface area contributed by atoms with E-state index in [-0.39, 0.29) is 5.88 Å². The van der Waals surface area contributed by atoms with Gasteiger partial charge in [-0.15, -0.1) is 0 Å². The van der Waals surface area contributed by atoms with Crippen LogP contribution in [0.4, 0.5) is 0 Å². The van der Waals surface area contributed by atoms with E-state index < -0.39 is 0 Å². The summed E-state index contributed by atoms with van der Waals surface area (Å²) in [5, 5.41) is 13.7. The smallest absolute Gasteiger partial charge is 0.217 e. The molecule has 0 aliphatic carbocycles. The van der Waals surface area contributed by atoms with Crippen molar-refractivity contribution < 1.29 is 5.11 Å². The van der Waals surface area contributed by atoms with Gasteiger partial charge >= 0.3 is 0 Å². The van der Waals surface area contributed by atoms with Crippen LogP contribution in [0.15, 0.2) is 30.5 Å². The summed E-state index contributed by atoms with van der Waals surface area (Å²) < 4.78 is 1.52. The third-order valence-corrected chi connectivity index (χ3v) is 2.20. The van der Waals surface area contributed by atoms with E-state index >= 15 is 0 Å². The molecule has 1 aromatic carbocycles. The van der Waals surface area contributed by atoms with Gasteiger partial charge in [0.1, 0.15) is 0 Å². The first-order valence-electron chi connectivity index (χ1n) is 4.49. The Morgan fingerprint density at radius 2 is 1.79 bits per heavy atom. The summed E-state index contributed by atoms with van der Waals surface area (Å²) in [4.78, 5) is 0. The Morgan fingerprint density at radius 3 is 2.29 bits per heavy atom. The van der Waals surface area contributed by atoms with Crippen LogP contribution < -0.4 is 0 Å². The number of benzene rings is 1. The van der Waals surface area contributed by atoms with E-state index in [1.165, 1.54) is 10.2 Å². The van der Waals surface area contributed by atoms with Crippen LogP contribution in [-0.2, 0) is 0 Å². The number of hydrogen-bond donors (Lipinski definition) is 1. The molecule has 3 nitrogen and oxygen atoms in total. The van der Waals surface area contributed by atoms with E-state index in [4.69, 9.17) is 0 Å². The number of aromatic nitrogens is 2. The summed E-state index contributed by atoms with van der Waals surface area (Å²) in [6.07, 6.45) is 1.65. The fraction of sp³-hybridized carbons (Fsp3) is 0.182. The molecule has 0 aliphatic rings. The van der Waals surface area contributed by atoms with Gasteiger partial charge in [0, 0.05) is 5.56 Å². The fourth-order valence-corrected chi connectivity index (χ4v) is 1.30. The zero-order valence-electron chi connectivity index (χ0n) is 8.23. The Hall–Kier alpha value is -1.77. The second-order valence-electron chi connectivity index (χ2n) is 3.40. The van der Waals surface area contributed by atoms with Gasteiger partial charge in [0.25, 0.3) is 0 Å². The van der Waals surface area contributed by atoms with Gasteiger partial charge in [-0.2, -0.15) is 5.10 Å². The molecular formula is C11H12N2O. The van der Waals surface area contributed by atoms with Gasteiger partial charge in [-0.25, -0.2) is 4.68 Å². The predicted octanol–water partition coefficient (Wildman–Crippen LogP) is 2.19. The van der Waals surface area contributed by atoms with Crippen LogP contribution in [0.1, 0.15) is 11.1 Å². The van der Waals surface area contributed by atoms with E-state index in [1.54, 1.807) is 6.20 Å². The Morgan fingerprint density at radius 1 is 1.14 bits per heavy atom. The topological polar surface area (TPSA) is 38.0 Å². The maximum absolute atomic E-state index is 9.66. The first-order chi connectivity index (χ1) is 6.68. The highest BCUT2D eigenvalue weighted by Gasteiger charge is 2.06. The highest BCUT2D eigenvalue weighted by atomic mass is 16.3. The second-order valence-corrected chi connectivity index (χ2v) is 3.40. The van der Waals surface area contributed by atoms with Crippen LogP contribution in [0, 0.1) is 13.8 Å². The van der Waals surface area contributed by atoms with E-state index in [0.29, 0.717) is 0 Å². The molecule has 0 aliphatic heterocycles. The quantitative estimate of drug-likeness (QED) is 0.745. The molecule has 0 saturated carbocycles. The predicted molar refractivity (Wildman–Crippen MR) is 54.7 cm³/mol. The number of hydrogen-bond acceptors (Lipinski definition) is 2. The Labute approximate surface area is 82.6 Å². The standard InChI is InChI=1S/C11H12N2O/c1-8-3-5-10(6-4-8)13-11(14)9(2)7-12-13/h3-7,14H,1-2H3. The van der Waals surface area contributed by atoms with Crippen LogP contribution in [0.2, 0.25) is 0 Å². The molecule has 0 radical (unpaired) electrons. The number of aromatic hydroxyl groups is 1. The minimum atomic E-state index is 0.203. The molecule has 2 rings (SSSR count). The van der Waals surface area contributed by atoms with Crippen molar-refractivity contribution in [3.63, 3.8) is 0 Å². The first-order valence-corrected chi connectivity index (χ1v) is 4.49. The number of nitrogens with zero attached hydrogens (tertiary/aromatic N) is 2. The lowest BCUT2D eigenvalue weighted by Gasteiger charge is -2.03. The van der Waals surface area contributed by atoms with Crippen molar-refractivity contribution in [3.8, 4) is 11.6 Å². The molecule has 72 valence electrons. The molecule has 0 fully saturated rings. The maximum atomic E-state index is 9.66. The zero-order chi connectivity index (χ0) is 10.1. The first kappa shape index (κ1) is 8.81. The molecule has 14 heavy (non-hydrogen) atoms. The van der Waals surface area contributed by atoms with Crippen LogP contribution >= 0.6 is 0 Å². The third-order valence-electron chi connectivity index (χ3n) is 2.20. The molecule has 1 heterocycles. The SMILES string of the molecule is Cc1ccc(-n2ncc(C)c2O)cc1. The van der Waals surface area contributed by atoms with E-state index in [9.17, 15) is 5.11 Å². The normalized spacial score (nSPS) is 10.4. The molecule has 0 unspecified atom stereocenters. The molecule has 2 aromatic rings. The van der Waals surface area contributed by atoms with Crippen LogP contribution in [0.3, 0.4) is 0 Å². The van der Waals surface area contributed by atoms with Crippen LogP contribution in [0.5, 0.6) is 5.88 Å². The van der Waals surface area contributed by atoms with E-state index in [2.05, 4.69) is 5.10 Å². The van der Waals surface area contributed by atoms with E-state index in [0.717, 1.165) is 11.3 Å². The van der Waals surface area contributed by atoms with Crippen molar-refractivity contribution >= 4 is 0 Å². The van der Waals surface area contributed by atoms with Gasteiger partial charge in [0.2, 0.25) is 5.88 Å². The Bertz CT molecular complexity index is 443. The highest BCUT2D eigenvalue weighted by Crippen LogP contribution is 2.19. The summed E-state index contributed by atoms with van der Waals surface area (Å²) in [6, 6.07) is 7.85. The lowest BCUT2D eigenvalue weighted by molar-refractivity contribution is 0.430. The molecule has 1 N–H and O–H groups in total. The lowest BCUT2D eigenvalue weighted by atomic mass is 10.2. The van der Waals surface area contributed by atoms with Crippen molar-refractivity contribution in [2.75, 3.05) is 0 Å². The lowest BCUT2D eigenvalue weighted by Crippen LogP contribution is -1.94. The molecule has 1 aromatic heterocycles. The van der Waals surface area contributed by atoms with Crippen LogP contribution in [-0.4, -0.2) is 14.9 Å². The summed E-state index contributed by atoms with van der Waals surface area (Å²) in [5.41, 5.74) is 2.85. The van der Waals surface area contributed by atoms with Crippen molar-refractivity contribution in [1.29, 1.82) is 0 Å². The fourth-order valence-electron chi connectivity index (χ4n) is 1.30. The van der Waals surface area contributed by atoms with Crippen molar-refractivity contribution in [2.24, 2.45) is 0 Å². The van der Waals surface area contributed by atoms with Crippen molar-refractivity contribution in [1.82, 2.24) is 9.78 Å². The molecule has 3 heteroatoms. The van der Waals surface area contributed by atoms with Crippen molar-refractivity contribution in [3.05, 3.63) is 41.6 Å². The monoisotopic (exact) mass is 188 g/mol. The minimum Gasteiger partial charge on any atom is -0.493 e. The summed E-state index contributed by atoms with van der Waals surface area (Å²) in [6.45, 7) is 3.85. The van der Waals surface area contributed by atoms with E-state index in [1.807, 2.05) is 38.1 Å². The minimum absolute atomic E-state index is 0.203. The molecular weight excluding hydrogens is 176 g/mol. The largest absolute Gasteiger partial charge is 0.493 e. The van der Waals surface area contributed by atoms with Crippen molar-refractivity contribution in [2.45, 2.75) is 13.8 Å². The number of aryl methyl sites for hydroxylation is 2. The third kappa shape index (κ3) is 1.37. The molecule has 0 atom stereocenters. The average molecular weight is 188 g/mol. The molecule has 0 bridgehead atoms. The average Bonchev–Trinajstić information content (AvgIpc) is 2.50. The van der Waals surface area contributed by atoms with Gasteiger partial charge in [-0.05, 0) is 26.0 Å². The van der Waals surface area contributed by atoms with Gasteiger partial charge in [-0.1, -0.05) is 17.7 Å². The summed E-state index contributed by atoms with van der Waals surface area (Å²) in [7, 11) is 0. The number of rotatable bonds is 1. The highest BCUT2D eigenvalue weighted by molar-refractivity contribution is 5.38. The molecule has 0 saturated heterocycles. The van der Waals surface area contributed by atoms with Gasteiger partial charge < -0.3 is 5.11 Å².